The average molecular weight is 301 g/mol. The van der Waals surface area contributed by atoms with Crippen molar-refractivity contribution in [2.45, 2.75) is 19.8 Å². The number of hydrogen-bond acceptors (Lipinski definition) is 5. The minimum Gasteiger partial charge on any atom is -0.465 e. The van der Waals surface area contributed by atoms with Crippen molar-refractivity contribution in [1.29, 1.82) is 5.26 Å². The molecule has 2 N–H and O–H groups in total. The van der Waals surface area contributed by atoms with Gasteiger partial charge in [-0.2, -0.15) is 5.26 Å². The van der Waals surface area contributed by atoms with Crippen molar-refractivity contribution in [2.24, 2.45) is 0 Å². The van der Waals surface area contributed by atoms with Gasteiger partial charge in [0, 0.05) is 12.7 Å². The number of unbranched alkanes of at least 4 members (excludes halogenated alkanes) is 1. The topological polar surface area (TPSA) is 91.2 Å². The Labute approximate surface area is 129 Å². The molecule has 116 valence electrons. The van der Waals surface area contributed by atoms with Crippen molar-refractivity contribution in [3.63, 3.8) is 0 Å². The second kappa shape index (κ2) is 9.19. The van der Waals surface area contributed by atoms with E-state index in [2.05, 4.69) is 15.4 Å². The Bertz CT molecular complexity index is 603. The van der Waals surface area contributed by atoms with E-state index < -0.39 is 11.9 Å². The van der Waals surface area contributed by atoms with Gasteiger partial charge in [-0.05, 0) is 18.6 Å². The third-order valence-corrected chi connectivity index (χ3v) is 2.89. The van der Waals surface area contributed by atoms with Crippen LogP contribution in [0.3, 0.4) is 0 Å². The highest BCUT2D eigenvalue weighted by molar-refractivity contribution is 5.98. The van der Waals surface area contributed by atoms with Crippen LogP contribution in [0.2, 0.25) is 0 Å². The van der Waals surface area contributed by atoms with Crippen molar-refractivity contribution in [1.82, 2.24) is 5.32 Å². The molecule has 0 saturated heterocycles. The summed E-state index contributed by atoms with van der Waals surface area (Å²) >= 11 is 0. The Morgan fingerprint density at radius 3 is 2.73 bits per heavy atom. The van der Waals surface area contributed by atoms with Crippen LogP contribution in [0, 0.1) is 11.3 Å². The van der Waals surface area contributed by atoms with Crippen LogP contribution in [0.25, 0.3) is 0 Å². The molecule has 0 aliphatic heterocycles. The summed E-state index contributed by atoms with van der Waals surface area (Å²) in [5.41, 5.74) is 0.726. The van der Waals surface area contributed by atoms with E-state index in [4.69, 9.17) is 5.26 Å². The number of methoxy groups -OCH3 is 1. The quantitative estimate of drug-likeness (QED) is 0.349. The van der Waals surface area contributed by atoms with Crippen molar-refractivity contribution < 1.29 is 14.3 Å². The molecule has 1 amide bonds. The van der Waals surface area contributed by atoms with E-state index in [0.717, 1.165) is 12.8 Å². The zero-order valence-corrected chi connectivity index (χ0v) is 12.7. The van der Waals surface area contributed by atoms with Crippen LogP contribution in [0.15, 0.2) is 36.0 Å². The molecule has 0 atom stereocenters. The number of benzene rings is 1. The number of nitrogens with zero attached hydrogens (tertiary/aromatic N) is 1. The molecular formula is C16H19N3O3. The second-order valence-corrected chi connectivity index (χ2v) is 4.46. The van der Waals surface area contributed by atoms with Crippen LogP contribution in [0.1, 0.15) is 30.1 Å². The van der Waals surface area contributed by atoms with E-state index >= 15 is 0 Å². The summed E-state index contributed by atoms with van der Waals surface area (Å²) in [6.07, 6.45) is 3.09. The van der Waals surface area contributed by atoms with E-state index in [9.17, 15) is 9.59 Å². The van der Waals surface area contributed by atoms with Crippen LogP contribution < -0.4 is 10.6 Å². The number of hydrogen-bond donors (Lipinski definition) is 2. The van der Waals surface area contributed by atoms with E-state index in [1.165, 1.54) is 13.3 Å². The van der Waals surface area contributed by atoms with Gasteiger partial charge in [-0.25, -0.2) is 4.79 Å². The second-order valence-electron chi connectivity index (χ2n) is 4.46. The molecule has 0 radical (unpaired) electrons. The van der Waals surface area contributed by atoms with Gasteiger partial charge in [0.1, 0.15) is 11.6 Å². The summed E-state index contributed by atoms with van der Waals surface area (Å²) in [5, 5.41) is 14.5. The summed E-state index contributed by atoms with van der Waals surface area (Å²) in [6.45, 7) is 2.53. The predicted molar refractivity (Wildman–Crippen MR) is 83.0 cm³/mol. The molecule has 6 heteroatoms. The number of nitrogens with one attached hydrogen (secondary N) is 2. The van der Waals surface area contributed by atoms with Crippen molar-refractivity contribution in [3.05, 3.63) is 41.6 Å². The van der Waals surface area contributed by atoms with Crippen LogP contribution in [-0.2, 0) is 9.53 Å². The lowest BCUT2D eigenvalue weighted by Crippen LogP contribution is -2.26. The average Bonchev–Trinajstić information content (AvgIpc) is 2.55. The van der Waals surface area contributed by atoms with E-state index in [-0.39, 0.29) is 5.57 Å². The van der Waals surface area contributed by atoms with Crippen LogP contribution in [-0.4, -0.2) is 25.5 Å². The first-order valence-corrected chi connectivity index (χ1v) is 6.96. The Hall–Kier alpha value is -2.81. The Morgan fingerprint density at radius 1 is 1.36 bits per heavy atom. The SMILES string of the molecule is CCCCNC(=O)/C(C#N)=C/Nc1ccccc1C(=O)OC. The summed E-state index contributed by atoms with van der Waals surface area (Å²) in [4.78, 5) is 23.4. The molecule has 0 heterocycles. The monoisotopic (exact) mass is 301 g/mol. The smallest absolute Gasteiger partial charge is 0.339 e. The molecule has 0 aromatic heterocycles. The van der Waals surface area contributed by atoms with Gasteiger partial charge in [0.15, 0.2) is 0 Å². The Kier molecular flexibility index (Phi) is 7.20. The highest BCUT2D eigenvalue weighted by Gasteiger charge is 2.12. The van der Waals surface area contributed by atoms with Gasteiger partial charge >= 0.3 is 5.97 Å². The van der Waals surface area contributed by atoms with Crippen molar-refractivity contribution in [2.75, 3.05) is 19.0 Å². The molecule has 1 aromatic carbocycles. The number of para-hydroxylation sites is 1. The molecule has 1 rings (SSSR count). The molecule has 0 spiro atoms. The minimum absolute atomic E-state index is 0.0595. The number of esters is 1. The Balaban J connectivity index is 2.83. The van der Waals surface area contributed by atoms with Gasteiger partial charge in [-0.3, -0.25) is 4.79 Å². The lowest BCUT2D eigenvalue weighted by molar-refractivity contribution is -0.117. The number of rotatable bonds is 7. The van der Waals surface area contributed by atoms with Crippen LogP contribution in [0.4, 0.5) is 5.69 Å². The number of carbonyl (C=O) groups excluding carboxylic acids is 2. The normalized spacial score (nSPS) is 10.5. The Morgan fingerprint density at radius 2 is 2.09 bits per heavy atom. The fraction of sp³-hybridized carbons (Fsp3) is 0.312. The van der Waals surface area contributed by atoms with Crippen molar-refractivity contribution >= 4 is 17.6 Å². The van der Waals surface area contributed by atoms with E-state index in [0.29, 0.717) is 17.8 Å². The van der Waals surface area contributed by atoms with Gasteiger partial charge in [-0.15, -0.1) is 0 Å². The largest absolute Gasteiger partial charge is 0.465 e. The number of nitriles is 1. The van der Waals surface area contributed by atoms with Gasteiger partial charge < -0.3 is 15.4 Å². The van der Waals surface area contributed by atoms with Gasteiger partial charge in [0.05, 0.1) is 18.4 Å². The van der Waals surface area contributed by atoms with Crippen LogP contribution >= 0.6 is 0 Å². The molecule has 0 unspecified atom stereocenters. The predicted octanol–water partition coefficient (Wildman–Crippen LogP) is 2.21. The first-order valence-electron chi connectivity index (χ1n) is 6.96. The maximum atomic E-state index is 11.8. The number of anilines is 1. The molecule has 22 heavy (non-hydrogen) atoms. The lowest BCUT2D eigenvalue weighted by atomic mass is 10.2. The lowest BCUT2D eigenvalue weighted by Gasteiger charge is -2.08. The zero-order valence-electron chi connectivity index (χ0n) is 12.7. The standard InChI is InChI=1S/C16H19N3O3/c1-3-4-9-18-15(20)12(10-17)11-19-14-8-6-5-7-13(14)16(21)22-2/h5-8,11,19H,3-4,9H2,1-2H3,(H,18,20)/b12-11+. The maximum Gasteiger partial charge on any atom is 0.339 e. The van der Waals surface area contributed by atoms with Crippen LogP contribution in [0.5, 0.6) is 0 Å². The summed E-state index contributed by atoms with van der Waals surface area (Å²) in [7, 11) is 1.29. The third kappa shape index (κ3) is 4.94. The number of amides is 1. The third-order valence-electron chi connectivity index (χ3n) is 2.89. The number of ether oxygens (including phenoxy) is 1. The fourth-order valence-corrected chi connectivity index (χ4v) is 1.67. The minimum atomic E-state index is -0.498. The van der Waals surface area contributed by atoms with Gasteiger partial charge in [0.2, 0.25) is 0 Å². The zero-order chi connectivity index (χ0) is 16.4. The molecule has 0 aliphatic carbocycles. The first kappa shape index (κ1) is 17.2. The van der Waals surface area contributed by atoms with E-state index in [1.54, 1.807) is 24.3 Å². The molecule has 0 bridgehead atoms. The highest BCUT2D eigenvalue weighted by Crippen LogP contribution is 2.16. The highest BCUT2D eigenvalue weighted by atomic mass is 16.5. The molecule has 1 aromatic rings. The first-order chi connectivity index (χ1) is 10.6. The molecule has 0 fully saturated rings. The number of carbonyl (C=O) groups is 2. The molecular weight excluding hydrogens is 282 g/mol. The summed E-state index contributed by atoms with van der Waals surface area (Å²) < 4.78 is 4.68. The summed E-state index contributed by atoms with van der Waals surface area (Å²) in [6, 6.07) is 8.51. The van der Waals surface area contributed by atoms with Crippen molar-refractivity contribution in [3.8, 4) is 6.07 Å². The fourth-order valence-electron chi connectivity index (χ4n) is 1.67. The maximum absolute atomic E-state index is 11.8. The van der Waals surface area contributed by atoms with E-state index in [1.807, 2.05) is 13.0 Å². The van der Waals surface area contributed by atoms with Gasteiger partial charge in [0.25, 0.3) is 5.91 Å². The molecule has 0 saturated carbocycles. The molecule has 6 nitrogen and oxygen atoms in total. The molecule has 0 aliphatic rings. The van der Waals surface area contributed by atoms with Gasteiger partial charge in [-0.1, -0.05) is 25.5 Å². The summed E-state index contributed by atoms with van der Waals surface area (Å²) in [5.74, 6) is -0.943.